The Hall–Kier alpha value is -0.610. The van der Waals surface area contributed by atoms with Gasteiger partial charge in [0.25, 0.3) is 0 Å². The summed E-state index contributed by atoms with van der Waals surface area (Å²) in [6.07, 6.45) is -0.216. The van der Waals surface area contributed by atoms with Gasteiger partial charge in [0.2, 0.25) is 0 Å². The minimum Gasteiger partial charge on any atom is -0.480 e. The van der Waals surface area contributed by atoms with E-state index >= 15 is 0 Å². The average molecular weight is 145 g/mol. The molecular weight excluding hydrogens is 134 g/mol. The van der Waals surface area contributed by atoms with E-state index in [1.54, 1.807) is 6.92 Å². The molecule has 0 unspecified atom stereocenters. The van der Waals surface area contributed by atoms with Crippen LogP contribution in [0, 0.1) is 0 Å². The number of hydrogen-bond acceptors (Lipinski definition) is 3. The van der Waals surface area contributed by atoms with E-state index in [0.717, 1.165) is 0 Å². The lowest BCUT2D eigenvalue weighted by Crippen LogP contribution is -2.51. The number of carbonyl (C=O) groups is 1. The van der Waals surface area contributed by atoms with Crippen LogP contribution in [-0.2, 0) is 9.53 Å². The van der Waals surface area contributed by atoms with Crippen molar-refractivity contribution in [3.05, 3.63) is 0 Å². The maximum Gasteiger partial charge on any atom is 0.323 e. The molecule has 0 spiro atoms. The molecule has 4 nitrogen and oxygen atoms in total. The van der Waals surface area contributed by atoms with Crippen molar-refractivity contribution >= 4 is 5.97 Å². The molecule has 0 radical (unpaired) electrons. The summed E-state index contributed by atoms with van der Waals surface area (Å²) in [5.74, 6) is -0.841. The van der Waals surface area contributed by atoms with Gasteiger partial charge in [-0.3, -0.25) is 10.1 Å². The smallest absolute Gasteiger partial charge is 0.323 e. The molecule has 0 aromatic carbocycles. The predicted molar refractivity (Wildman–Crippen MR) is 34.8 cm³/mol. The second-order valence-corrected chi connectivity index (χ2v) is 2.35. The number of carboxylic acids is 1. The van der Waals surface area contributed by atoms with Crippen LogP contribution in [0.2, 0.25) is 0 Å². The molecule has 1 heterocycles. The Kier molecular flexibility index (Phi) is 2.24. The van der Waals surface area contributed by atoms with Gasteiger partial charge in [0.05, 0.1) is 12.7 Å². The zero-order valence-corrected chi connectivity index (χ0v) is 5.83. The van der Waals surface area contributed by atoms with Crippen LogP contribution in [0.5, 0.6) is 0 Å². The Balaban J connectivity index is 2.47. The molecule has 2 N–H and O–H groups in total. The topological polar surface area (TPSA) is 58.6 Å². The van der Waals surface area contributed by atoms with Crippen molar-refractivity contribution in [1.82, 2.24) is 5.32 Å². The van der Waals surface area contributed by atoms with E-state index in [1.807, 2.05) is 0 Å². The Morgan fingerprint density at radius 3 is 2.90 bits per heavy atom. The fourth-order valence-corrected chi connectivity index (χ4v) is 1.01. The highest BCUT2D eigenvalue weighted by Gasteiger charge is 2.27. The summed E-state index contributed by atoms with van der Waals surface area (Å²) >= 11 is 0. The highest BCUT2D eigenvalue weighted by molar-refractivity contribution is 5.74. The average Bonchev–Trinajstić information content (AvgIpc) is 1.88. The summed E-state index contributed by atoms with van der Waals surface area (Å²) in [7, 11) is 0. The van der Waals surface area contributed by atoms with Crippen molar-refractivity contribution in [2.75, 3.05) is 13.2 Å². The van der Waals surface area contributed by atoms with Crippen molar-refractivity contribution in [3.8, 4) is 0 Å². The van der Waals surface area contributed by atoms with Gasteiger partial charge < -0.3 is 9.84 Å². The summed E-state index contributed by atoms with van der Waals surface area (Å²) in [5.41, 5.74) is 0. The molecule has 0 aromatic heterocycles. The normalized spacial score (nSPS) is 33.7. The molecule has 1 rings (SSSR count). The lowest BCUT2D eigenvalue weighted by Gasteiger charge is -2.26. The molecule has 10 heavy (non-hydrogen) atoms. The van der Waals surface area contributed by atoms with Crippen LogP contribution in [0.4, 0.5) is 0 Å². The Morgan fingerprint density at radius 2 is 2.50 bits per heavy atom. The predicted octanol–water partition coefficient (Wildman–Crippen LogP) is -0.552. The Bertz CT molecular complexity index is 137. The third-order valence-corrected chi connectivity index (χ3v) is 1.58. The molecule has 0 saturated carbocycles. The van der Waals surface area contributed by atoms with E-state index in [2.05, 4.69) is 5.32 Å². The molecule has 1 aliphatic rings. The van der Waals surface area contributed by atoms with Gasteiger partial charge in [-0.2, -0.15) is 0 Å². The number of ether oxygens (including phenoxy) is 1. The molecule has 4 heteroatoms. The van der Waals surface area contributed by atoms with Crippen molar-refractivity contribution in [1.29, 1.82) is 0 Å². The molecule has 1 saturated heterocycles. The molecule has 0 aliphatic carbocycles. The van der Waals surface area contributed by atoms with Crippen LogP contribution < -0.4 is 5.32 Å². The molecule has 0 bridgehead atoms. The molecule has 58 valence electrons. The third-order valence-electron chi connectivity index (χ3n) is 1.58. The number of hydrogen-bond donors (Lipinski definition) is 2. The molecule has 1 fully saturated rings. The van der Waals surface area contributed by atoms with E-state index in [-0.39, 0.29) is 6.10 Å². The summed E-state index contributed by atoms with van der Waals surface area (Å²) in [4.78, 5) is 10.4. The van der Waals surface area contributed by atoms with Gasteiger partial charge in [-0.05, 0) is 6.92 Å². The third kappa shape index (κ3) is 1.46. The lowest BCUT2D eigenvalue weighted by atomic mass is 10.1. The lowest BCUT2D eigenvalue weighted by molar-refractivity contribution is -0.145. The number of carboxylic acid groups (broad SMARTS) is 1. The summed E-state index contributed by atoms with van der Waals surface area (Å²) < 4.78 is 5.11. The first kappa shape index (κ1) is 7.50. The van der Waals surface area contributed by atoms with E-state index in [0.29, 0.717) is 13.2 Å². The van der Waals surface area contributed by atoms with E-state index < -0.39 is 12.0 Å². The standard InChI is InChI=1S/C6H11NO3/c1-4-5(6(8)9)7-2-3-10-4/h4-5,7H,2-3H2,1H3,(H,8,9)/t4-,5-/m0/s1. The zero-order chi connectivity index (χ0) is 7.56. The number of aliphatic carboxylic acids is 1. The van der Waals surface area contributed by atoms with Crippen LogP contribution in [-0.4, -0.2) is 36.4 Å². The first-order valence-electron chi connectivity index (χ1n) is 3.29. The van der Waals surface area contributed by atoms with Crippen molar-refractivity contribution < 1.29 is 14.6 Å². The Labute approximate surface area is 59.2 Å². The number of morpholine rings is 1. The van der Waals surface area contributed by atoms with Crippen molar-refractivity contribution in [3.63, 3.8) is 0 Å². The van der Waals surface area contributed by atoms with Crippen LogP contribution in [0.15, 0.2) is 0 Å². The SMILES string of the molecule is C[C@@H]1OCCN[C@@H]1C(=O)O. The van der Waals surface area contributed by atoms with Gasteiger partial charge >= 0.3 is 5.97 Å². The second kappa shape index (κ2) is 2.98. The molecule has 0 amide bonds. The van der Waals surface area contributed by atoms with Gasteiger partial charge in [-0.15, -0.1) is 0 Å². The number of rotatable bonds is 1. The van der Waals surface area contributed by atoms with Gasteiger partial charge in [0, 0.05) is 6.54 Å². The largest absolute Gasteiger partial charge is 0.480 e. The maximum absolute atomic E-state index is 10.4. The highest BCUT2D eigenvalue weighted by Crippen LogP contribution is 2.02. The fraction of sp³-hybridized carbons (Fsp3) is 0.833. The number of nitrogens with one attached hydrogen (secondary N) is 1. The van der Waals surface area contributed by atoms with Gasteiger partial charge in [-0.1, -0.05) is 0 Å². The van der Waals surface area contributed by atoms with Crippen LogP contribution in [0.1, 0.15) is 6.92 Å². The van der Waals surface area contributed by atoms with Crippen LogP contribution >= 0.6 is 0 Å². The second-order valence-electron chi connectivity index (χ2n) is 2.35. The first-order valence-corrected chi connectivity index (χ1v) is 3.29. The summed E-state index contributed by atoms with van der Waals surface area (Å²) in [5, 5.41) is 11.4. The zero-order valence-electron chi connectivity index (χ0n) is 5.83. The van der Waals surface area contributed by atoms with Crippen LogP contribution in [0.3, 0.4) is 0 Å². The molecular formula is C6H11NO3. The minimum absolute atomic E-state index is 0.216. The first-order chi connectivity index (χ1) is 4.72. The van der Waals surface area contributed by atoms with E-state index in [1.165, 1.54) is 0 Å². The summed E-state index contributed by atoms with van der Waals surface area (Å²) in [6, 6.07) is -0.534. The summed E-state index contributed by atoms with van der Waals surface area (Å²) in [6.45, 7) is 2.98. The molecule has 1 aliphatic heterocycles. The van der Waals surface area contributed by atoms with Gasteiger partial charge in [-0.25, -0.2) is 0 Å². The van der Waals surface area contributed by atoms with E-state index in [9.17, 15) is 4.79 Å². The highest BCUT2D eigenvalue weighted by atomic mass is 16.5. The fourth-order valence-electron chi connectivity index (χ4n) is 1.01. The monoisotopic (exact) mass is 145 g/mol. The van der Waals surface area contributed by atoms with Crippen LogP contribution in [0.25, 0.3) is 0 Å². The van der Waals surface area contributed by atoms with Crippen molar-refractivity contribution in [2.45, 2.75) is 19.1 Å². The van der Waals surface area contributed by atoms with E-state index in [4.69, 9.17) is 9.84 Å². The van der Waals surface area contributed by atoms with Crippen molar-refractivity contribution in [2.24, 2.45) is 0 Å². The van der Waals surface area contributed by atoms with Gasteiger partial charge in [0.1, 0.15) is 6.04 Å². The quantitative estimate of drug-likeness (QED) is 0.519. The minimum atomic E-state index is -0.841. The Morgan fingerprint density at radius 1 is 1.80 bits per heavy atom. The molecule has 2 atom stereocenters. The maximum atomic E-state index is 10.4. The molecule has 0 aromatic rings. The van der Waals surface area contributed by atoms with Gasteiger partial charge in [0.15, 0.2) is 0 Å².